The van der Waals surface area contributed by atoms with E-state index in [1.807, 2.05) is 18.2 Å². The van der Waals surface area contributed by atoms with Gasteiger partial charge in [0.15, 0.2) is 16.6 Å². The Morgan fingerprint density at radius 1 is 1.20 bits per heavy atom. The molecule has 0 radical (unpaired) electrons. The number of ether oxygens (including phenoxy) is 2. The fraction of sp³-hybridized carbons (Fsp3) is 0.474. The third kappa shape index (κ3) is 2.68. The number of nitrogens with zero attached hydrogens (tertiary/aromatic N) is 1. The van der Waals surface area contributed by atoms with Gasteiger partial charge in [-0.1, -0.05) is 12.2 Å². The van der Waals surface area contributed by atoms with Crippen LogP contribution in [0.1, 0.15) is 24.8 Å². The number of hydrogen-bond donors (Lipinski definition) is 2. The van der Waals surface area contributed by atoms with Crippen molar-refractivity contribution in [2.24, 2.45) is 28.8 Å². The minimum Gasteiger partial charge on any atom is -0.454 e. The summed E-state index contributed by atoms with van der Waals surface area (Å²) in [6.45, 7) is 0.281. The summed E-state index contributed by atoms with van der Waals surface area (Å²) in [6.07, 6.45) is 10.4. The summed E-state index contributed by atoms with van der Waals surface area (Å²) in [5, 5.41) is 8.33. The van der Waals surface area contributed by atoms with Gasteiger partial charge in [-0.2, -0.15) is 5.10 Å². The van der Waals surface area contributed by atoms with E-state index < -0.39 is 0 Å². The second-order valence-corrected chi connectivity index (χ2v) is 7.77. The highest BCUT2D eigenvalue weighted by Crippen LogP contribution is 2.56. The van der Waals surface area contributed by atoms with Gasteiger partial charge in [-0.05, 0) is 78.9 Å². The minimum atomic E-state index is 0.281. The highest BCUT2D eigenvalue weighted by Gasteiger charge is 2.52. The molecular formula is C19H21N3O2S. The van der Waals surface area contributed by atoms with Gasteiger partial charge in [0.1, 0.15) is 0 Å². The van der Waals surface area contributed by atoms with E-state index >= 15 is 0 Å². The Morgan fingerprint density at radius 2 is 2.12 bits per heavy atom. The summed E-state index contributed by atoms with van der Waals surface area (Å²) < 4.78 is 10.7. The molecule has 5 nitrogen and oxygen atoms in total. The van der Waals surface area contributed by atoms with Gasteiger partial charge >= 0.3 is 0 Å². The molecule has 1 heterocycles. The van der Waals surface area contributed by atoms with Crippen LogP contribution in [0.2, 0.25) is 0 Å². The van der Waals surface area contributed by atoms with Gasteiger partial charge in [0, 0.05) is 6.04 Å². The zero-order valence-electron chi connectivity index (χ0n) is 13.9. The van der Waals surface area contributed by atoms with E-state index in [4.69, 9.17) is 21.7 Å². The maximum atomic E-state index is 5.42. The summed E-state index contributed by atoms with van der Waals surface area (Å²) in [7, 11) is 0. The van der Waals surface area contributed by atoms with Gasteiger partial charge in [-0.15, -0.1) is 0 Å². The normalized spacial score (nSPS) is 33.8. The van der Waals surface area contributed by atoms with Crippen molar-refractivity contribution in [1.82, 2.24) is 10.7 Å². The van der Waals surface area contributed by atoms with Gasteiger partial charge in [0.25, 0.3) is 0 Å². The standard InChI is InChI=1S/C19H21N3O2S/c25-19(21-16-8-12-7-15(16)14-3-1-2-13(12)14)22-20-9-11-4-5-17-18(6-11)24-10-23-17/h1,3-6,9,12-16H,2,7-8,10H2,(H2,21,22,25). The molecule has 130 valence electrons. The molecule has 0 saturated heterocycles. The van der Waals surface area contributed by atoms with E-state index in [1.54, 1.807) is 6.21 Å². The zero-order chi connectivity index (χ0) is 16.8. The SMILES string of the molecule is S=C(NN=Cc1ccc2c(c1)OCO2)NC1CC2CC1C1C=CCC21. The maximum Gasteiger partial charge on any atom is 0.231 e. The van der Waals surface area contributed by atoms with Crippen molar-refractivity contribution < 1.29 is 9.47 Å². The summed E-state index contributed by atoms with van der Waals surface area (Å²) in [4.78, 5) is 0. The van der Waals surface area contributed by atoms with Crippen molar-refractivity contribution in [2.75, 3.05) is 6.79 Å². The third-order valence-corrected chi connectivity index (χ3v) is 6.31. The summed E-state index contributed by atoms with van der Waals surface area (Å²) in [5.74, 6) is 4.78. The first-order chi connectivity index (χ1) is 12.3. The van der Waals surface area contributed by atoms with Crippen LogP contribution in [0.15, 0.2) is 35.5 Å². The Hall–Kier alpha value is -2.08. The Kier molecular flexibility index (Phi) is 3.66. The molecule has 1 aromatic carbocycles. The van der Waals surface area contributed by atoms with Crippen LogP contribution in [-0.2, 0) is 0 Å². The van der Waals surface area contributed by atoms with Gasteiger partial charge in [0.2, 0.25) is 6.79 Å². The van der Waals surface area contributed by atoms with Crippen LogP contribution in [0.4, 0.5) is 0 Å². The molecule has 0 spiro atoms. The summed E-state index contributed by atoms with van der Waals surface area (Å²) >= 11 is 5.42. The second kappa shape index (κ2) is 6.02. The van der Waals surface area contributed by atoms with E-state index in [2.05, 4.69) is 28.0 Å². The molecule has 2 N–H and O–H groups in total. The first kappa shape index (κ1) is 15.2. The van der Waals surface area contributed by atoms with Crippen LogP contribution >= 0.6 is 12.2 Å². The van der Waals surface area contributed by atoms with Crippen molar-refractivity contribution in [3.63, 3.8) is 0 Å². The van der Waals surface area contributed by atoms with Crippen molar-refractivity contribution in [3.8, 4) is 11.5 Å². The Bertz CT molecular complexity index is 763. The van der Waals surface area contributed by atoms with Crippen molar-refractivity contribution in [2.45, 2.75) is 25.3 Å². The molecule has 1 aliphatic heterocycles. The van der Waals surface area contributed by atoms with Gasteiger partial charge in [-0.3, -0.25) is 5.43 Å². The fourth-order valence-corrected chi connectivity index (χ4v) is 5.28. The number of nitrogens with one attached hydrogen (secondary N) is 2. The van der Waals surface area contributed by atoms with Crippen molar-refractivity contribution in [3.05, 3.63) is 35.9 Å². The average molecular weight is 355 g/mol. The highest BCUT2D eigenvalue weighted by atomic mass is 32.1. The number of hydrazone groups is 1. The Labute approximate surface area is 152 Å². The maximum absolute atomic E-state index is 5.42. The smallest absolute Gasteiger partial charge is 0.231 e. The van der Waals surface area contributed by atoms with Crippen LogP contribution in [0.25, 0.3) is 0 Å². The lowest BCUT2D eigenvalue weighted by Gasteiger charge is -2.32. The number of allylic oxidation sites excluding steroid dienone is 2. The molecule has 2 bridgehead atoms. The van der Waals surface area contributed by atoms with Crippen molar-refractivity contribution in [1.29, 1.82) is 0 Å². The molecule has 1 aromatic rings. The Morgan fingerprint density at radius 3 is 3.08 bits per heavy atom. The van der Waals surface area contributed by atoms with E-state index in [1.165, 1.54) is 19.3 Å². The molecule has 6 heteroatoms. The van der Waals surface area contributed by atoms with Crippen LogP contribution in [0, 0.1) is 23.7 Å². The van der Waals surface area contributed by atoms with E-state index in [-0.39, 0.29) is 6.79 Å². The lowest BCUT2D eigenvalue weighted by atomic mass is 9.79. The molecule has 2 fully saturated rings. The van der Waals surface area contributed by atoms with Gasteiger partial charge < -0.3 is 14.8 Å². The molecule has 2 saturated carbocycles. The molecule has 5 atom stereocenters. The number of benzene rings is 1. The van der Waals surface area contributed by atoms with Gasteiger partial charge in [0.05, 0.1) is 6.21 Å². The lowest BCUT2D eigenvalue weighted by Crippen LogP contribution is -2.45. The third-order valence-electron chi connectivity index (χ3n) is 6.10. The van der Waals surface area contributed by atoms with E-state index in [0.717, 1.165) is 40.7 Å². The van der Waals surface area contributed by atoms with Crippen LogP contribution in [-0.4, -0.2) is 24.2 Å². The lowest BCUT2D eigenvalue weighted by molar-refractivity contribution is 0.174. The van der Waals surface area contributed by atoms with E-state index in [9.17, 15) is 0 Å². The first-order valence-electron chi connectivity index (χ1n) is 8.94. The van der Waals surface area contributed by atoms with E-state index in [0.29, 0.717) is 11.2 Å². The Balaban J connectivity index is 1.16. The topological polar surface area (TPSA) is 54.9 Å². The molecular weight excluding hydrogens is 334 g/mol. The number of fused-ring (bicyclic) bond motifs is 6. The average Bonchev–Trinajstić information content (AvgIpc) is 3.36. The molecule has 5 rings (SSSR count). The quantitative estimate of drug-likeness (QED) is 0.378. The predicted molar refractivity (Wildman–Crippen MR) is 99.8 cm³/mol. The minimum absolute atomic E-state index is 0.281. The van der Waals surface area contributed by atoms with Crippen LogP contribution < -0.4 is 20.2 Å². The first-order valence-corrected chi connectivity index (χ1v) is 9.34. The largest absolute Gasteiger partial charge is 0.454 e. The van der Waals surface area contributed by atoms with Crippen molar-refractivity contribution >= 4 is 23.5 Å². The monoisotopic (exact) mass is 355 g/mol. The van der Waals surface area contributed by atoms with Gasteiger partial charge in [-0.25, -0.2) is 0 Å². The second-order valence-electron chi connectivity index (χ2n) is 7.36. The fourth-order valence-electron chi connectivity index (χ4n) is 5.07. The number of thiocarbonyl (C=S) groups is 1. The molecule has 0 aromatic heterocycles. The molecule has 5 unspecified atom stereocenters. The summed E-state index contributed by atoms with van der Waals surface area (Å²) in [6, 6.07) is 6.22. The number of hydrogen-bond acceptors (Lipinski definition) is 4. The molecule has 25 heavy (non-hydrogen) atoms. The summed E-state index contributed by atoms with van der Waals surface area (Å²) in [5.41, 5.74) is 3.89. The molecule has 0 amide bonds. The zero-order valence-corrected chi connectivity index (χ0v) is 14.7. The van der Waals surface area contributed by atoms with Crippen LogP contribution in [0.3, 0.4) is 0 Å². The molecule has 3 aliphatic carbocycles. The van der Waals surface area contributed by atoms with Crippen LogP contribution in [0.5, 0.6) is 11.5 Å². The highest BCUT2D eigenvalue weighted by molar-refractivity contribution is 7.80. The predicted octanol–water partition coefficient (Wildman–Crippen LogP) is 2.81. The molecule has 4 aliphatic rings. The number of rotatable bonds is 3.